The summed E-state index contributed by atoms with van der Waals surface area (Å²) in [6.07, 6.45) is -8.62. The van der Waals surface area contributed by atoms with Crippen LogP contribution in [0.15, 0.2) is 42.5 Å². The summed E-state index contributed by atoms with van der Waals surface area (Å²) in [5.74, 6) is -1.47. The largest absolute Gasteiger partial charge is 0.465 e. The lowest BCUT2D eigenvalue weighted by Gasteiger charge is -2.23. The van der Waals surface area contributed by atoms with Gasteiger partial charge in [0.1, 0.15) is 5.69 Å². The van der Waals surface area contributed by atoms with Crippen molar-refractivity contribution in [3.63, 3.8) is 0 Å². The second kappa shape index (κ2) is 9.51. The summed E-state index contributed by atoms with van der Waals surface area (Å²) in [5, 5.41) is 1.59. The van der Waals surface area contributed by atoms with Crippen molar-refractivity contribution in [1.29, 1.82) is 0 Å². The van der Waals surface area contributed by atoms with Crippen molar-refractivity contribution >= 4 is 33.8 Å². The van der Waals surface area contributed by atoms with E-state index in [0.717, 1.165) is 17.9 Å². The number of alkyl halides is 5. The van der Waals surface area contributed by atoms with Crippen LogP contribution in [-0.2, 0) is 17.3 Å². The van der Waals surface area contributed by atoms with E-state index < -0.39 is 41.1 Å². The van der Waals surface area contributed by atoms with E-state index in [1.54, 1.807) is 44.2 Å². The molecule has 1 aromatic heterocycles. The summed E-state index contributed by atoms with van der Waals surface area (Å²) in [5.41, 5.74) is -4.00. The van der Waals surface area contributed by atoms with E-state index in [-0.39, 0.29) is 28.3 Å². The smallest absolute Gasteiger partial charge is 0.434 e. The molecule has 0 radical (unpaired) electrons. The van der Waals surface area contributed by atoms with Crippen molar-refractivity contribution in [1.82, 2.24) is 4.98 Å². The fraction of sp³-hybridized carbons (Fsp3) is 0.292. The highest BCUT2D eigenvalue weighted by atomic mass is 32.1. The summed E-state index contributed by atoms with van der Waals surface area (Å²) in [4.78, 5) is 15.5. The van der Waals surface area contributed by atoms with Gasteiger partial charge in [-0.3, -0.25) is 0 Å². The second-order valence-electron chi connectivity index (χ2n) is 7.85. The van der Waals surface area contributed by atoms with Gasteiger partial charge < -0.3 is 4.74 Å². The SMILES string of the molecule is COC(=O)c1c(C(F)F)nc(C(F)(F)F)c(C(=S)c2ccc3ccccc3c2)c1CC(C)C. The zero-order valence-electron chi connectivity index (χ0n) is 18.0. The number of methoxy groups -OCH3 is 1. The van der Waals surface area contributed by atoms with Crippen LogP contribution < -0.4 is 0 Å². The number of benzene rings is 2. The van der Waals surface area contributed by atoms with Gasteiger partial charge in [0, 0.05) is 5.56 Å². The van der Waals surface area contributed by atoms with Crippen LogP contribution in [0.4, 0.5) is 22.0 Å². The highest BCUT2D eigenvalue weighted by Crippen LogP contribution is 2.39. The van der Waals surface area contributed by atoms with Crippen LogP contribution in [0, 0.1) is 5.92 Å². The third kappa shape index (κ3) is 5.03. The molecule has 3 rings (SSSR count). The zero-order chi connectivity index (χ0) is 24.5. The Bertz CT molecular complexity index is 1220. The Morgan fingerprint density at radius 2 is 1.70 bits per heavy atom. The molecule has 0 atom stereocenters. The fourth-order valence-corrected chi connectivity index (χ4v) is 4.03. The normalized spacial score (nSPS) is 11.9. The van der Waals surface area contributed by atoms with Crippen molar-refractivity contribution in [3.05, 3.63) is 76.1 Å². The summed E-state index contributed by atoms with van der Waals surface area (Å²) < 4.78 is 74.4. The molecule has 9 heteroatoms. The Balaban J connectivity index is 2.41. The first-order chi connectivity index (χ1) is 15.5. The molecule has 0 aliphatic carbocycles. The Labute approximate surface area is 192 Å². The molecule has 0 aliphatic heterocycles. The fourth-order valence-electron chi connectivity index (χ4n) is 3.68. The molecule has 0 spiro atoms. The van der Waals surface area contributed by atoms with Crippen molar-refractivity contribution in [2.45, 2.75) is 32.9 Å². The lowest BCUT2D eigenvalue weighted by atomic mass is 9.87. The van der Waals surface area contributed by atoms with Crippen LogP contribution in [0.25, 0.3) is 10.8 Å². The predicted molar refractivity (Wildman–Crippen MR) is 119 cm³/mol. The average molecular weight is 481 g/mol. The third-order valence-electron chi connectivity index (χ3n) is 5.04. The van der Waals surface area contributed by atoms with Gasteiger partial charge in [0.05, 0.1) is 17.5 Å². The molecule has 1 heterocycles. The number of ether oxygens (including phenoxy) is 1. The van der Waals surface area contributed by atoms with Gasteiger partial charge in [-0.05, 0) is 40.3 Å². The van der Waals surface area contributed by atoms with Crippen LogP contribution in [0.2, 0.25) is 0 Å². The topological polar surface area (TPSA) is 39.2 Å². The quantitative estimate of drug-likeness (QED) is 0.165. The Morgan fingerprint density at radius 1 is 1.06 bits per heavy atom. The predicted octanol–water partition coefficient (Wildman–Crippen LogP) is 6.94. The number of aromatic nitrogens is 1. The summed E-state index contributed by atoms with van der Waals surface area (Å²) >= 11 is 5.46. The molecule has 0 aliphatic rings. The van der Waals surface area contributed by atoms with Crippen molar-refractivity contribution in [2.24, 2.45) is 5.92 Å². The highest BCUT2D eigenvalue weighted by molar-refractivity contribution is 7.81. The van der Waals surface area contributed by atoms with E-state index in [2.05, 4.69) is 9.72 Å². The molecular weight excluding hydrogens is 461 g/mol. The Hall–Kier alpha value is -2.94. The number of carbonyl (C=O) groups excluding carboxylic acids is 1. The van der Waals surface area contributed by atoms with Crippen molar-refractivity contribution in [3.8, 4) is 0 Å². The molecule has 0 saturated carbocycles. The minimum atomic E-state index is -5.08. The van der Waals surface area contributed by atoms with Gasteiger partial charge in [-0.2, -0.15) is 13.2 Å². The van der Waals surface area contributed by atoms with Crippen LogP contribution in [0.3, 0.4) is 0 Å². The number of hydrogen-bond acceptors (Lipinski definition) is 4. The lowest BCUT2D eigenvalue weighted by molar-refractivity contribution is -0.141. The van der Waals surface area contributed by atoms with E-state index in [1.165, 1.54) is 0 Å². The maximum absolute atomic E-state index is 14.1. The van der Waals surface area contributed by atoms with Crippen LogP contribution in [0.1, 0.15) is 58.7 Å². The van der Waals surface area contributed by atoms with Crippen LogP contribution in [0.5, 0.6) is 0 Å². The van der Waals surface area contributed by atoms with Gasteiger partial charge in [-0.15, -0.1) is 0 Å². The molecule has 0 N–H and O–H groups in total. The first kappa shape index (κ1) is 24.7. The molecule has 0 saturated heterocycles. The third-order valence-corrected chi connectivity index (χ3v) is 5.48. The number of esters is 1. The highest BCUT2D eigenvalue weighted by Gasteiger charge is 2.41. The molecule has 33 heavy (non-hydrogen) atoms. The van der Waals surface area contributed by atoms with E-state index in [0.29, 0.717) is 0 Å². The van der Waals surface area contributed by atoms with Crippen LogP contribution >= 0.6 is 12.2 Å². The number of hydrogen-bond donors (Lipinski definition) is 0. The van der Waals surface area contributed by atoms with E-state index in [9.17, 15) is 26.7 Å². The molecule has 0 amide bonds. The van der Waals surface area contributed by atoms with Gasteiger partial charge in [0.25, 0.3) is 6.43 Å². The number of thiocarbonyl (C=S) groups is 1. The summed E-state index contributed by atoms with van der Waals surface area (Å²) in [6.45, 7) is 3.39. The number of pyridine rings is 1. The maximum atomic E-state index is 14.1. The average Bonchev–Trinajstić information content (AvgIpc) is 2.75. The molecule has 0 fully saturated rings. The number of rotatable bonds is 6. The Morgan fingerprint density at radius 3 is 2.24 bits per heavy atom. The Kier molecular flexibility index (Phi) is 7.11. The van der Waals surface area contributed by atoms with E-state index in [4.69, 9.17) is 12.2 Å². The molecular formula is C24H20F5NO2S. The first-order valence-electron chi connectivity index (χ1n) is 9.99. The van der Waals surface area contributed by atoms with Crippen molar-refractivity contribution in [2.75, 3.05) is 7.11 Å². The molecule has 0 bridgehead atoms. The summed E-state index contributed by atoms with van der Waals surface area (Å²) in [6, 6.07) is 12.1. The van der Waals surface area contributed by atoms with Gasteiger partial charge in [-0.1, -0.05) is 62.5 Å². The monoisotopic (exact) mass is 481 g/mol. The number of nitrogens with zero attached hydrogens (tertiary/aromatic N) is 1. The summed E-state index contributed by atoms with van der Waals surface area (Å²) in [7, 11) is 0.968. The molecule has 3 nitrogen and oxygen atoms in total. The number of fused-ring (bicyclic) bond motifs is 1. The number of halogens is 5. The minimum absolute atomic E-state index is 0.112. The first-order valence-corrected chi connectivity index (χ1v) is 10.4. The molecule has 3 aromatic rings. The van der Waals surface area contributed by atoms with Gasteiger partial charge in [-0.25, -0.2) is 18.6 Å². The minimum Gasteiger partial charge on any atom is -0.465 e. The van der Waals surface area contributed by atoms with Crippen LogP contribution in [-0.4, -0.2) is 22.9 Å². The lowest BCUT2D eigenvalue weighted by Crippen LogP contribution is -2.25. The van der Waals surface area contributed by atoms with Gasteiger partial charge in [0.15, 0.2) is 5.69 Å². The number of carbonyl (C=O) groups is 1. The van der Waals surface area contributed by atoms with Gasteiger partial charge in [0.2, 0.25) is 0 Å². The van der Waals surface area contributed by atoms with Crippen molar-refractivity contribution < 1.29 is 31.5 Å². The zero-order valence-corrected chi connectivity index (χ0v) is 18.8. The maximum Gasteiger partial charge on any atom is 0.434 e. The van der Waals surface area contributed by atoms with Gasteiger partial charge >= 0.3 is 12.1 Å². The van der Waals surface area contributed by atoms with E-state index >= 15 is 0 Å². The van der Waals surface area contributed by atoms with E-state index in [1.807, 2.05) is 12.1 Å². The standard InChI is InChI=1S/C24H20F5NO2S/c1-12(2)10-16-17(23(31)32-3)19(22(25)26)30-21(24(27,28)29)18(16)20(33)15-9-8-13-6-4-5-7-14(13)11-15/h4-9,11-12,22H,10H2,1-3H3. The molecule has 174 valence electrons. The molecule has 2 aromatic carbocycles. The second-order valence-corrected chi connectivity index (χ2v) is 8.26. The molecule has 0 unspecified atom stereocenters.